The molecule has 0 atom stereocenters. The fourth-order valence-electron chi connectivity index (χ4n) is 2.35. The van der Waals surface area contributed by atoms with Gasteiger partial charge in [0.15, 0.2) is 0 Å². The van der Waals surface area contributed by atoms with Gasteiger partial charge in [-0.3, -0.25) is 9.20 Å². The van der Waals surface area contributed by atoms with Crippen LogP contribution in [0.3, 0.4) is 0 Å². The van der Waals surface area contributed by atoms with Gasteiger partial charge in [-0.15, -0.1) is 0 Å². The van der Waals surface area contributed by atoms with Crippen LogP contribution in [0.25, 0.3) is 5.65 Å². The second kappa shape index (κ2) is 5.92. The summed E-state index contributed by atoms with van der Waals surface area (Å²) in [6, 6.07) is 11.4. The molecule has 23 heavy (non-hydrogen) atoms. The summed E-state index contributed by atoms with van der Waals surface area (Å²) in [6.45, 7) is 3.88. The molecule has 2 N–H and O–H groups in total. The van der Waals surface area contributed by atoms with E-state index in [9.17, 15) is 4.79 Å². The van der Waals surface area contributed by atoms with E-state index in [2.05, 4.69) is 15.5 Å². The first-order chi connectivity index (χ1) is 11.1. The third-order valence-corrected chi connectivity index (χ3v) is 3.59. The predicted molar refractivity (Wildman–Crippen MR) is 90.0 cm³/mol. The van der Waals surface area contributed by atoms with Crippen molar-refractivity contribution in [2.24, 2.45) is 5.16 Å². The van der Waals surface area contributed by atoms with Crippen molar-refractivity contribution in [3.8, 4) is 0 Å². The number of aryl methyl sites for hydroxylation is 2. The minimum absolute atomic E-state index is 0.191. The van der Waals surface area contributed by atoms with E-state index in [1.54, 1.807) is 12.3 Å². The monoisotopic (exact) mass is 308 g/mol. The van der Waals surface area contributed by atoms with Crippen molar-refractivity contribution >= 4 is 23.4 Å². The lowest BCUT2D eigenvalue weighted by Crippen LogP contribution is -2.22. The summed E-state index contributed by atoms with van der Waals surface area (Å²) in [5.41, 5.74) is 3.26. The van der Waals surface area contributed by atoms with Crippen LogP contribution in [0.4, 0.5) is 11.5 Å². The number of anilines is 2. The zero-order valence-electron chi connectivity index (χ0n) is 12.8. The second-order valence-electron chi connectivity index (χ2n) is 5.30. The van der Waals surface area contributed by atoms with Crippen molar-refractivity contribution in [3.05, 3.63) is 69.6 Å². The minimum atomic E-state index is -0.300. The molecule has 6 heteroatoms. The van der Waals surface area contributed by atoms with Gasteiger partial charge in [-0.2, -0.15) is 0 Å². The zero-order chi connectivity index (χ0) is 16.4. The van der Waals surface area contributed by atoms with Crippen LogP contribution in [0.1, 0.15) is 16.7 Å². The largest absolute Gasteiger partial charge is 0.411 e. The number of rotatable bonds is 3. The Morgan fingerprint density at radius 2 is 1.96 bits per heavy atom. The molecule has 0 spiro atoms. The molecule has 116 valence electrons. The molecule has 3 aromatic rings. The Kier molecular flexibility index (Phi) is 3.80. The SMILES string of the molecule is Cc1ccc(Nc2nc3c(C)cccn3c(=O)c2/C=N/O)cc1. The summed E-state index contributed by atoms with van der Waals surface area (Å²) in [5.74, 6) is 0.353. The molecular formula is C17H16N4O2. The van der Waals surface area contributed by atoms with Gasteiger partial charge in [0, 0.05) is 11.9 Å². The van der Waals surface area contributed by atoms with Crippen molar-refractivity contribution in [1.29, 1.82) is 0 Å². The number of nitrogens with zero attached hydrogens (tertiary/aromatic N) is 3. The van der Waals surface area contributed by atoms with E-state index in [-0.39, 0.29) is 11.1 Å². The molecule has 0 bridgehead atoms. The maximum Gasteiger partial charge on any atom is 0.269 e. The molecule has 0 radical (unpaired) electrons. The molecular weight excluding hydrogens is 292 g/mol. The van der Waals surface area contributed by atoms with Crippen molar-refractivity contribution < 1.29 is 5.21 Å². The number of nitrogens with one attached hydrogen (secondary N) is 1. The van der Waals surface area contributed by atoms with Gasteiger partial charge in [-0.25, -0.2) is 4.98 Å². The topological polar surface area (TPSA) is 79.0 Å². The number of pyridine rings is 1. The van der Waals surface area contributed by atoms with E-state index in [0.717, 1.165) is 23.0 Å². The number of hydrogen-bond donors (Lipinski definition) is 2. The predicted octanol–water partition coefficient (Wildman–Crippen LogP) is 2.86. The third kappa shape index (κ3) is 2.78. The van der Waals surface area contributed by atoms with Gasteiger partial charge in [-0.1, -0.05) is 28.9 Å². The van der Waals surface area contributed by atoms with Crippen molar-refractivity contribution in [3.63, 3.8) is 0 Å². The summed E-state index contributed by atoms with van der Waals surface area (Å²) in [4.78, 5) is 17.1. The highest BCUT2D eigenvalue weighted by molar-refractivity contribution is 5.87. The van der Waals surface area contributed by atoms with E-state index < -0.39 is 0 Å². The Bertz CT molecular complexity index is 943. The fourth-order valence-corrected chi connectivity index (χ4v) is 2.35. The van der Waals surface area contributed by atoms with Crippen LogP contribution in [0.15, 0.2) is 52.5 Å². The van der Waals surface area contributed by atoms with E-state index >= 15 is 0 Å². The summed E-state index contributed by atoms with van der Waals surface area (Å²) < 4.78 is 1.44. The molecule has 0 aliphatic carbocycles. The van der Waals surface area contributed by atoms with E-state index in [4.69, 9.17) is 5.21 Å². The maximum absolute atomic E-state index is 12.6. The molecule has 0 unspecified atom stereocenters. The van der Waals surface area contributed by atoms with Crippen LogP contribution < -0.4 is 10.9 Å². The average molecular weight is 308 g/mol. The molecule has 1 aromatic carbocycles. The first-order valence-corrected chi connectivity index (χ1v) is 7.13. The molecule has 0 aliphatic heterocycles. The summed E-state index contributed by atoms with van der Waals surface area (Å²) in [5, 5.41) is 15.0. The Morgan fingerprint density at radius 1 is 1.22 bits per heavy atom. The highest BCUT2D eigenvalue weighted by Gasteiger charge is 2.13. The van der Waals surface area contributed by atoms with Gasteiger partial charge in [0.1, 0.15) is 17.0 Å². The molecule has 2 aromatic heterocycles. The van der Waals surface area contributed by atoms with E-state index in [0.29, 0.717) is 11.5 Å². The summed E-state index contributed by atoms with van der Waals surface area (Å²) >= 11 is 0. The molecule has 2 heterocycles. The minimum Gasteiger partial charge on any atom is -0.411 e. The number of aromatic nitrogens is 2. The number of oxime groups is 1. The Hall–Kier alpha value is -3.15. The van der Waals surface area contributed by atoms with E-state index in [1.165, 1.54) is 4.40 Å². The van der Waals surface area contributed by atoms with Crippen LogP contribution in [-0.2, 0) is 0 Å². The lowest BCUT2D eigenvalue weighted by atomic mass is 10.2. The Morgan fingerprint density at radius 3 is 2.65 bits per heavy atom. The highest BCUT2D eigenvalue weighted by atomic mass is 16.4. The van der Waals surface area contributed by atoms with Crippen LogP contribution in [0.5, 0.6) is 0 Å². The van der Waals surface area contributed by atoms with Gasteiger partial charge >= 0.3 is 0 Å². The smallest absolute Gasteiger partial charge is 0.269 e. The number of fused-ring (bicyclic) bond motifs is 1. The fraction of sp³-hybridized carbons (Fsp3) is 0.118. The van der Waals surface area contributed by atoms with Crippen molar-refractivity contribution in [1.82, 2.24) is 9.38 Å². The summed E-state index contributed by atoms with van der Waals surface area (Å²) in [6.07, 6.45) is 2.74. The first-order valence-electron chi connectivity index (χ1n) is 7.13. The molecule has 0 amide bonds. The van der Waals surface area contributed by atoms with Crippen LogP contribution in [-0.4, -0.2) is 20.8 Å². The highest BCUT2D eigenvalue weighted by Crippen LogP contribution is 2.18. The molecule has 0 aliphatic rings. The average Bonchev–Trinajstić information content (AvgIpc) is 2.54. The molecule has 3 rings (SSSR count). The number of benzene rings is 1. The zero-order valence-corrected chi connectivity index (χ0v) is 12.8. The quantitative estimate of drug-likeness (QED) is 0.443. The van der Waals surface area contributed by atoms with E-state index in [1.807, 2.05) is 44.2 Å². The van der Waals surface area contributed by atoms with Gasteiger partial charge < -0.3 is 10.5 Å². The Labute approximate surface area is 132 Å². The lowest BCUT2D eigenvalue weighted by Gasteiger charge is -2.11. The second-order valence-corrected chi connectivity index (χ2v) is 5.30. The molecule has 0 saturated heterocycles. The molecule has 6 nitrogen and oxygen atoms in total. The maximum atomic E-state index is 12.6. The van der Waals surface area contributed by atoms with Crippen LogP contribution in [0, 0.1) is 13.8 Å². The van der Waals surface area contributed by atoms with Crippen molar-refractivity contribution in [2.75, 3.05) is 5.32 Å². The molecule has 0 fully saturated rings. The van der Waals surface area contributed by atoms with Crippen molar-refractivity contribution in [2.45, 2.75) is 13.8 Å². The standard InChI is InChI=1S/C17H16N4O2/c1-11-5-7-13(8-6-11)19-15-14(10-18-23)17(22)21-9-3-4-12(2)16(21)20-15/h3-10,19,23H,1-2H3/b18-10+. The van der Waals surface area contributed by atoms with Gasteiger partial charge in [0.05, 0.1) is 6.21 Å². The van der Waals surface area contributed by atoms with Crippen LogP contribution in [0.2, 0.25) is 0 Å². The van der Waals surface area contributed by atoms with Gasteiger partial charge in [-0.05, 0) is 37.6 Å². The van der Waals surface area contributed by atoms with Crippen LogP contribution >= 0.6 is 0 Å². The summed E-state index contributed by atoms with van der Waals surface area (Å²) in [7, 11) is 0. The lowest BCUT2D eigenvalue weighted by molar-refractivity contribution is 0.322. The normalized spacial score (nSPS) is 11.2. The van der Waals surface area contributed by atoms with Gasteiger partial charge in [0.25, 0.3) is 5.56 Å². The Balaban J connectivity index is 2.21. The molecule has 0 saturated carbocycles. The number of hydrogen-bond acceptors (Lipinski definition) is 5. The third-order valence-electron chi connectivity index (χ3n) is 3.59. The van der Waals surface area contributed by atoms with Gasteiger partial charge in [0.2, 0.25) is 0 Å². The first kappa shape index (κ1) is 14.8.